The lowest BCUT2D eigenvalue weighted by Gasteiger charge is -1.93. The first kappa shape index (κ1) is 15.8. The third-order valence-corrected chi connectivity index (χ3v) is 2.47. The van der Waals surface area contributed by atoms with Gasteiger partial charge in [0.15, 0.2) is 0 Å². The van der Waals surface area contributed by atoms with Gasteiger partial charge in [-0.25, -0.2) is 0 Å². The van der Waals surface area contributed by atoms with Gasteiger partial charge in [-0.2, -0.15) is 0 Å². The molecule has 1 nitrogen and oxygen atoms in total. The minimum absolute atomic E-state index is 0.427. The third-order valence-electron chi connectivity index (χ3n) is 2.47. The molecule has 0 aliphatic rings. The SMILES string of the molecule is C=CCCCC#Cc1ccc(C#CCOCC=C)cc1. The van der Waals surface area contributed by atoms with E-state index in [1.807, 2.05) is 30.3 Å². The maximum absolute atomic E-state index is 5.19. The molecule has 0 spiro atoms. The van der Waals surface area contributed by atoms with E-state index in [0.717, 1.165) is 30.4 Å². The Morgan fingerprint density at radius 1 is 0.950 bits per heavy atom. The maximum Gasteiger partial charge on any atom is 0.108 e. The summed E-state index contributed by atoms with van der Waals surface area (Å²) >= 11 is 0. The Kier molecular flexibility index (Phi) is 8.46. The van der Waals surface area contributed by atoms with Crippen LogP contribution in [0.2, 0.25) is 0 Å². The summed E-state index contributed by atoms with van der Waals surface area (Å²) in [6.45, 7) is 8.23. The van der Waals surface area contributed by atoms with Crippen molar-refractivity contribution in [3.63, 3.8) is 0 Å². The van der Waals surface area contributed by atoms with Crippen LogP contribution >= 0.6 is 0 Å². The van der Waals surface area contributed by atoms with Crippen molar-refractivity contribution >= 4 is 0 Å². The fourth-order valence-electron chi connectivity index (χ4n) is 1.47. The molecular formula is C19H20O. The third kappa shape index (κ3) is 7.27. The Morgan fingerprint density at radius 3 is 2.20 bits per heavy atom. The molecule has 0 N–H and O–H groups in total. The monoisotopic (exact) mass is 264 g/mol. The molecule has 0 aromatic heterocycles. The van der Waals surface area contributed by atoms with Gasteiger partial charge in [-0.15, -0.1) is 13.2 Å². The maximum atomic E-state index is 5.19. The summed E-state index contributed by atoms with van der Waals surface area (Å²) < 4.78 is 5.19. The van der Waals surface area contributed by atoms with Crippen LogP contribution in [0.1, 0.15) is 30.4 Å². The molecular weight excluding hydrogens is 244 g/mol. The van der Waals surface area contributed by atoms with Crippen molar-refractivity contribution in [1.29, 1.82) is 0 Å². The first-order valence-electron chi connectivity index (χ1n) is 6.74. The molecule has 0 saturated heterocycles. The van der Waals surface area contributed by atoms with Crippen LogP contribution in [-0.4, -0.2) is 13.2 Å². The summed E-state index contributed by atoms with van der Waals surface area (Å²) in [4.78, 5) is 0. The van der Waals surface area contributed by atoms with Crippen molar-refractivity contribution in [3.8, 4) is 23.7 Å². The summed E-state index contributed by atoms with van der Waals surface area (Å²) in [5, 5.41) is 0. The Hall–Kier alpha value is -2.22. The molecule has 0 aliphatic heterocycles. The molecule has 1 heteroatoms. The van der Waals surface area contributed by atoms with Crippen molar-refractivity contribution in [2.24, 2.45) is 0 Å². The van der Waals surface area contributed by atoms with Crippen LogP contribution in [0, 0.1) is 23.7 Å². The normalized spacial score (nSPS) is 8.80. The molecule has 0 unspecified atom stereocenters. The smallest absolute Gasteiger partial charge is 0.108 e. The molecule has 20 heavy (non-hydrogen) atoms. The van der Waals surface area contributed by atoms with E-state index in [1.165, 1.54) is 0 Å². The summed E-state index contributed by atoms with van der Waals surface area (Å²) in [6.07, 6.45) is 6.65. The molecule has 1 aromatic carbocycles. The van der Waals surface area contributed by atoms with Crippen LogP contribution in [0.25, 0.3) is 0 Å². The lowest BCUT2D eigenvalue weighted by molar-refractivity contribution is 0.199. The second-order valence-corrected chi connectivity index (χ2v) is 4.17. The zero-order chi connectivity index (χ0) is 14.5. The van der Waals surface area contributed by atoms with Crippen LogP contribution in [0.4, 0.5) is 0 Å². The van der Waals surface area contributed by atoms with E-state index in [4.69, 9.17) is 4.74 Å². The fraction of sp³-hybridized carbons (Fsp3) is 0.263. The molecule has 0 atom stereocenters. The Bertz CT molecular complexity index is 478. The van der Waals surface area contributed by atoms with Gasteiger partial charge in [0.25, 0.3) is 0 Å². The zero-order valence-electron chi connectivity index (χ0n) is 11.8. The highest BCUT2D eigenvalue weighted by molar-refractivity contribution is 5.41. The van der Waals surface area contributed by atoms with Crippen LogP contribution in [0.3, 0.4) is 0 Å². The minimum atomic E-state index is 0.427. The van der Waals surface area contributed by atoms with Gasteiger partial charge in [-0.05, 0) is 37.1 Å². The summed E-state index contributed by atoms with van der Waals surface area (Å²) in [6, 6.07) is 7.95. The van der Waals surface area contributed by atoms with E-state index in [1.54, 1.807) is 6.08 Å². The van der Waals surface area contributed by atoms with Crippen molar-refractivity contribution < 1.29 is 4.74 Å². The van der Waals surface area contributed by atoms with Crippen molar-refractivity contribution in [3.05, 3.63) is 60.7 Å². The van der Waals surface area contributed by atoms with E-state index in [0.29, 0.717) is 13.2 Å². The topological polar surface area (TPSA) is 9.23 Å². The molecule has 0 bridgehead atoms. The van der Waals surface area contributed by atoms with Crippen LogP contribution in [-0.2, 0) is 4.74 Å². The number of allylic oxidation sites excluding steroid dienone is 1. The number of hydrogen-bond donors (Lipinski definition) is 0. The number of unbranched alkanes of at least 4 members (excludes halogenated alkanes) is 2. The highest BCUT2D eigenvalue weighted by atomic mass is 16.5. The predicted octanol–water partition coefficient (Wildman–Crippen LogP) is 3.95. The largest absolute Gasteiger partial charge is 0.365 e. The van der Waals surface area contributed by atoms with Gasteiger partial charge in [0.2, 0.25) is 0 Å². The number of ether oxygens (including phenoxy) is 1. The molecule has 0 fully saturated rings. The molecule has 102 valence electrons. The Labute approximate surface area is 122 Å². The lowest BCUT2D eigenvalue weighted by atomic mass is 10.1. The van der Waals surface area contributed by atoms with Crippen LogP contribution in [0.15, 0.2) is 49.6 Å². The highest BCUT2D eigenvalue weighted by Gasteiger charge is 1.88. The molecule has 0 aliphatic carbocycles. The minimum Gasteiger partial charge on any atom is -0.365 e. The molecule has 1 aromatic rings. The van der Waals surface area contributed by atoms with Gasteiger partial charge in [0.1, 0.15) is 6.61 Å². The summed E-state index contributed by atoms with van der Waals surface area (Å²) in [5.74, 6) is 12.3. The molecule has 0 heterocycles. The van der Waals surface area contributed by atoms with Gasteiger partial charge < -0.3 is 4.74 Å². The fourth-order valence-corrected chi connectivity index (χ4v) is 1.47. The zero-order valence-corrected chi connectivity index (χ0v) is 11.8. The average Bonchev–Trinajstić information content (AvgIpc) is 2.48. The van der Waals surface area contributed by atoms with Crippen LogP contribution < -0.4 is 0 Å². The Balaban J connectivity index is 2.43. The Morgan fingerprint density at radius 2 is 1.60 bits per heavy atom. The van der Waals surface area contributed by atoms with E-state index < -0.39 is 0 Å². The standard InChI is InChI=1S/C19H20O/c1-3-5-6-7-8-10-18-12-14-19(15-13-18)11-9-17-20-16-4-2/h3-4,12-15H,1-2,5-7,16-17H2. The number of benzene rings is 1. The van der Waals surface area contributed by atoms with Gasteiger partial charge in [0, 0.05) is 17.5 Å². The van der Waals surface area contributed by atoms with Gasteiger partial charge in [0.05, 0.1) is 6.61 Å². The first-order valence-corrected chi connectivity index (χ1v) is 6.74. The average molecular weight is 264 g/mol. The van der Waals surface area contributed by atoms with Gasteiger partial charge >= 0.3 is 0 Å². The number of hydrogen-bond acceptors (Lipinski definition) is 1. The highest BCUT2D eigenvalue weighted by Crippen LogP contribution is 2.02. The van der Waals surface area contributed by atoms with E-state index in [-0.39, 0.29) is 0 Å². The quantitative estimate of drug-likeness (QED) is 0.429. The molecule has 0 amide bonds. The van der Waals surface area contributed by atoms with Crippen molar-refractivity contribution in [2.45, 2.75) is 19.3 Å². The van der Waals surface area contributed by atoms with E-state index in [9.17, 15) is 0 Å². The second kappa shape index (κ2) is 10.7. The molecule has 0 saturated carbocycles. The molecule has 0 radical (unpaired) electrons. The predicted molar refractivity (Wildman–Crippen MR) is 85.3 cm³/mol. The lowest BCUT2D eigenvalue weighted by Crippen LogP contribution is -1.90. The van der Waals surface area contributed by atoms with Crippen molar-refractivity contribution in [2.75, 3.05) is 13.2 Å². The second-order valence-electron chi connectivity index (χ2n) is 4.17. The summed E-state index contributed by atoms with van der Waals surface area (Å²) in [5.41, 5.74) is 2.00. The van der Waals surface area contributed by atoms with E-state index in [2.05, 4.69) is 36.8 Å². The van der Waals surface area contributed by atoms with Crippen LogP contribution in [0.5, 0.6) is 0 Å². The summed E-state index contributed by atoms with van der Waals surface area (Å²) in [7, 11) is 0. The van der Waals surface area contributed by atoms with Gasteiger partial charge in [-0.3, -0.25) is 0 Å². The van der Waals surface area contributed by atoms with E-state index >= 15 is 0 Å². The number of rotatable bonds is 6. The van der Waals surface area contributed by atoms with Crippen molar-refractivity contribution in [1.82, 2.24) is 0 Å². The van der Waals surface area contributed by atoms with Gasteiger partial charge in [-0.1, -0.05) is 35.8 Å². The first-order chi connectivity index (χ1) is 9.86. The molecule has 1 rings (SSSR count).